The molecule has 8 heteroatoms. The van der Waals surface area contributed by atoms with Crippen molar-refractivity contribution in [2.24, 2.45) is 0 Å². The van der Waals surface area contributed by atoms with E-state index < -0.39 is 11.0 Å². The molecule has 1 atom stereocenters. The van der Waals surface area contributed by atoms with Crippen LogP contribution in [-0.2, 0) is 4.79 Å². The summed E-state index contributed by atoms with van der Waals surface area (Å²) in [6.07, 6.45) is 5.86. The number of carbonyl (C=O) groups excluding carboxylic acids is 1. The van der Waals surface area contributed by atoms with E-state index >= 15 is 0 Å². The molecule has 0 fully saturated rings. The number of non-ortho nitro benzene ring substituents is 1. The number of amides is 1. The summed E-state index contributed by atoms with van der Waals surface area (Å²) in [6.45, 7) is 4.49. The van der Waals surface area contributed by atoms with E-state index in [4.69, 9.17) is 4.98 Å². The third-order valence-electron chi connectivity index (χ3n) is 7.44. The van der Waals surface area contributed by atoms with Crippen molar-refractivity contribution in [2.75, 3.05) is 6.54 Å². The molecule has 212 valence electrons. The van der Waals surface area contributed by atoms with Crippen molar-refractivity contribution in [3.63, 3.8) is 0 Å². The van der Waals surface area contributed by atoms with E-state index in [0.29, 0.717) is 34.5 Å². The average molecular weight is 561 g/mol. The molecule has 0 aliphatic carbocycles. The Bertz CT molecular complexity index is 1840. The van der Waals surface area contributed by atoms with Gasteiger partial charge in [-0.2, -0.15) is 0 Å². The number of unbranched alkanes of at least 4 members (excludes halogenated alkanes) is 2. The van der Waals surface area contributed by atoms with Gasteiger partial charge < -0.3 is 4.90 Å². The lowest BCUT2D eigenvalue weighted by molar-refractivity contribution is -0.384. The maximum absolute atomic E-state index is 14.0. The van der Waals surface area contributed by atoms with E-state index in [2.05, 4.69) is 6.92 Å². The molecule has 0 N–H and O–H groups in total. The molecule has 1 amide bonds. The summed E-state index contributed by atoms with van der Waals surface area (Å²) >= 11 is 0. The van der Waals surface area contributed by atoms with Gasteiger partial charge in [0.25, 0.3) is 11.2 Å². The lowest BCUT2D eigenvalue weighted by atomic mass is 10.1. The number of carbonyl (C=O) groups is 1. The topological polar surface area (TPSA) is 98.3 Å². The molecular weight excluding hydrogens is 528 g/mol. The summed E-state index contributed by atoms with van der Waals surface area (Å²) in [7, 11) is 0. The fourth-order valence-electron chi connectivity index (χ4n) is 5.13. The monoisotopic (exact) mass is 560 g/mol. The number of rotatable bonds is 10. The lowest BCUT2D eigenvalue weighted by Crippen LogP contribution is -2.37. The molecule has 42 heavy (non-hydrogen) atoms. The molecule has 0 saturated heterocycles. The first kappa shape index (κ1) is 28.4. The number of nitro groups is 1. The standard InChI is InChI=1S/C34H32N4O4/c1-3-4-9-22-36(32(39)21-16-25-14-18-28(19-15-25)38(41)42)24(2)33-35-31-13-8-7-12-30(31)34(40)37(33)29-20-17-26-10-5-6-11-27(26)23-29/h5-8,10-21,23-24H,3-4,9,22H2,1-2H3. The highest BCUT2D eigenvalue weighted by molar-refractivity contribution is 5.92. The van der Waals surface area contributed by atoms with Gasteiger partial charge in [0.1, 0.15) is 5.82 Å². The lowest BCUT2D eigenvalue weighted by Gasteiger charge is -2.30. The van der Waals surface area contributed by atoms with Crippen LogP contribution in [0.5, 0.6) is 0 Å². The van der Waals surface area contributed by atoms with Crippen molar-refractivity contribution in [1.29, 1.82) is 0 Å². The number of hydrogen-bond acceptors (Lipinski definition) is 5. The van der Waals surface area contributed by atoms with E-state index in [9.17, 15) is 19.7 Å². The summed E-state index contributed by atoms with van der Waals surface area (Å²) in [5.41, 5.74) is 1.72. The summed E-state index contributed by atoms with van der Waals surface area (Å²) in [5, 5.41) is 13.6. The molecular formula is C34H32N4O4. The Morgan fingerprint density at radius 3 is 2.43 bits per heavy atom. The number of aromatic nitrogens is 2. The van der Waals surface area contributed by atoms with Crippen molar-refractivity contribution in [3.05, 3.63) is 129 Å². The summed E-state index contributed by atoms with van der Waals surface area (Å²) in [4.78, 5) is 44.9. The highest BCUT2D eigenvalue weighted by Crippen LogP contribution is 2.26. The molecule has 8 nitrogen and oxygen atoms in total. The van der Waals surface area contributed by atoms with E-state index in [0.717, 1.165) is 30.0 Å². The van der Waals surface area contributed by atoms with E-state index in [1.807, 2.05) is 67.6 Å². The first-order valence-electron chi connectivity index (χ1n) is 14.1. The van der Waals surface area contributed by atoms with Crippen LogP contribution in [0, 0.1) is 10.1 Å². The van der Waals surface area contributed by atoms with E-state index in [1.165, 1.54) is 18.2 Å². The van der Waals surface area contributed by atoms with Gasteiger partial charge in [0.05, 0.1) is 27.6 Å². The van der Waals surface area contributed by atoms with Crippen molar-refractivity contribution in [3.8, 4) is 5.69 Å². The summed E-state index contributed by atoms with van der Waals surface area (Å²) < 4.78 is 1.62. The predicted octanol–water partition coefficient (Wildman–Crippen LogP) is 7.24. The van der Waals surface area contributed by atoms with Crippen LogP contribution in [0.25, 0.3) is 33.4 Å². The summed E-state index contributed by atoms with van der Waals surface area (Å²) in [6, 6.07) is 26.6. The van der Waals surface area contributed by atoms with Crippen LogP contribution in [-0.4, -0.2) is 31.8 Å². The number of para-hydroxylation sites is 1. The molecule has 1 aromatic heterocycles. The second kappa shape index (κ2) is 12.6. The molecule has 5 rings (SSSR count). The zero-order valence-corrected chi connectivity index (χ0v) is 23.6. The first-order valence-corrected chi connectivity index (χ1v) is 14.1. The maximum atomic E-state index is 14.0. The molecule has 0 aliphatic heterocycles. The largest absolute Gasteiger partial charge is 0.329 e. The molecule has 4 aromatic carbocycles. The number of nitrogens with zero attached hydrogens (tertiary/aromatic N) is 4. The predicted molar refractivity (Wildman–Crippen MR) is 167 cm³/mol. The number of hydrogen-bond donors (Lipinski definition) is 0. The van der Waals surface area contributed by atoms with Crippen LogP contribution < -0.4 is 5.56 Å². The van der Waals surface area contributed by atoms with Crippen LogP contribution >= 0.6 is 0 Å². The Balaban J connectivity index is 1.58. The van der Waals surface area contributed by atoms with Crippen LogP contribution in [0.4, 0.5) is 5.69 Å². The minimum absolute atomic E-state index is 0.0117. The Labute approximate surface area is 243 Å². The van der Waals surface area contributed by atoms with E-state index in [1.54, 1.807) is 33.7 Å². The second-order valence-electron chi connectivity index (χ2n) is 10.3. The van der Waals surface area contributed by atoms with Crippen LogP contribution in [0.1, 0.15) is 50.5 Å². The van der Waals surface area contributed by atoms with Crippen molar-refractivity contribution in [1.82, 2.24) is 14.5 Å². The maximum Gasteiger partial charge on any atom is 0.269 e. The van der Waals surface area contributed by atoms with Gasteiger partial charge in [-0.3, -0.25) is 24.3 Å². The fourth-order valence-corrected chi connectivity index (χ4v) is 5.13. The van der Waals surface area contributed by atoms with Gasteiger partial charge in [0.2, 0.25) is 5.91 Å². The second-order valence-corrected chi connectivity index (χ2v) is 10.3. The van der Waals surface area contributed by atoms with Gasteiger partial charge in [0.15, 0.2) is 0 Å². The van der Waals surface area contributed by atoms with Crippen LogP contribution in [0.3, 0.4) is 0 Å². The summed E-state index contributed by atoms with van der Waals surface area (Å²) in [5.74, 6) is 0.243. The third-order valence-corrected chi connectivity index (χ3v) is 7.44. The molecule has 1 heterocycles. The Morgan fingerprint density at radius 1 is 0.976 bits per heavy atom. The van der Waals surface area contributed by atoms with Crippen molar-refractivity contribution >= 4 is 39.3 Å². The molecule has 0 spiro atoms. The molecule has 0 saturated carbocycles. The van der Waals surface area contributed by atoms with Gasteiger partial charge in [-0.15, -0.1) is 0 Å². The quantitative estimate of drug-likeness (QED) is 0.0776. The minimum atomic E-state index is -0.528. The SMILES string of the molecule is CCCCCN(C(=O)C=Cc1ccc([N+](=O)[O-])cc1)C(C)c1nc2ccccc2c(=O)n1-c1ccc2ccccc2c1. The van der Waals surface area contributed by atoms with Crippen molar-refractivity contribution < 1.29 is 9.72 Å². The number of fused-ring (bicyclic) bond motifs is 2. The number of nitro benzene ring substituents is 1. The zero-order chi connectivity index (χ0) is 29.6. The zero-order valence-electron chi connectivity index (χ0n) is 23.6. The minimum Gasteiger partial charge on any atom is -0.329 e. The Kier molecular flexibility index (Phi) is 8.52. The molecule has 0 radical (unpaired) electrons. The van der Waals surface area contributed by atoms with E-state index in [-0.39, 0.29) is 17.2 Å². The number of benzene rings is 4. The molecule has 1 unspecified atom stereocenters. The van der Waals surface area contributed by atoms with Gasteiger partial charge in [-0.05, 0) is 72.2 Å². The molecule has 5 aromatic rings. The van der Waals surface area contributed by atoms with Crippen molar-refractivity contribution in [2.45, 2.75) is 39.2 Å². The smallest absolute Gasteiger partial charge is 0.269 e. The van der Waals surface area contributed by atoms with Gasteiger partial charge in [-0.1, -0.05) is 62.2 Å². The normalized spacial score (nSPS) is 12.1. The average Bonchev–Trinajstić information content (AvgIpc) is 3.01. The Hall–Kier alpha value is -5.11. The Morgan fingerprint density at radius 2 is 1.69 bits per heavy atom. The van der Waals surface area contributed by atoms with Gasteiger partial charge in [0, 0.05) is 24.8 Å². The molecule has 0 bridgehead atoms. The third kappa shape index (κ3) is 5.98. The highest BCUT2D eigenvalue weighted by Gasteiger charge is 2.26. The van der Waals surface area contributed by atoms with Gasteiger partial charge >= 0.3 is 0 Å². The van der Waals surface area contributed by atoms with Crippen LogP contribution in [0.15, 0.2) is 102 Å². The van der Waals surface area contributed by atoms with Crippen LogP contribution in [0.2, 0.25) is 0 Å². The fraction of sp³-hybridized carbons (Fsp3) is 0.206. The highest BCUT2D eigenvalue weighted by atomic mass is 16.6. The van der Waals surface area contributed by atoms with Gasteiger partial charge in [-0.25, -0.2) is 4.98 Å². The molecule has 0 aliphatic rings. The first-order chi connectivity index (χ1) is 20.4.